The third-order valence-corrected chi connectivity index (χ3v) is 5.70. The van der Waals surface area contributed by atoms with Gasteiger partial charge in [0.25, 0.3) is 5.56 Å². The number of pyridine rings is 1. The van der Waals surface area contributed by atoms with Crippen LogP contribution in [0.4, 0.5) is 5.95 Å². The predicted molar refractivity (Wildman–Crippen MR) is 121 cm³/mol. The molecular weight excluding hydrogens is 374 g/mol. The van der Waals surface area contributed by atoms with E-state index in [1.54, 1.807) is 6.20 Å². The number of likely N-dealkylation sites (N-methyl/N-ethyl adjacent to an activating group) is 1. The molecule has 1 aliphatic rings. The minimum atomic E-state index is -0.149. The van der Waals surface area contributed by atoms with Gasteiger partial charge >= 0.3 is 0 Å². The minimum Gasteiger partial charge on any atom is -0.340 e. The van der Waals surface area contributed by atoms with Crippen molar-refractivity contribution in [3.8, 4) is 22.3 Å². The second-order valence-corrected chi connectivity index (χ2v) is 7.68. The SMILES string of the molecule is CN1CCN(c2nc3nccc(-c4ccc(-c5ccccc5)cc4)c3c(=O)[nH]2)CC1. The van der Waals surface area contributed by atoms with Crippen molar-refractivity contribution in [3.63, 3.8) is 0 Å². The number of hydrogen-bond donors (Lipinski definition) is 1. The molecule has 6 heteroatoms. The molecule has 0 unspecified atom stereocenters. The summed E-state index contributed by atoms with van der Waals surface area (Å²) in [6.07, 6.45) is 1.73. The third-order valence-electron chi connectivity index (χ3n) is 5.70. The average Bonchev–Trinajstić information content (AvgIpc) is 2.80. The highest BCUT2D eigenvalue weighted by molar-refractivity contribution is 5.92. The zero-order chi connectivity index (χ0) is 20.5. The van der Waals surface area contributed by atoms with E-state index >= 15 is 0 Å². The molecule has 0 amide bonds. The van der Waals surface area contributed by atoms with Crippen LogP contribution in [0.1, 0.15) is 0 Å². The highest BCUT2D eigenvalue weighted by Gasteiger charge is 2.18. The van der Waals surface area contributed by atoms with Crippen molar-refractivity contribution in [1.29, 1.82) is 0 Å². The van der Waals surface area contributed by atoms with E-state index in [0.717, 1.165) is 42.9 Å². The van der Waals surface area contributed by atoms with Gasteiger partial charge in [0.15, 0.2) is 5.65 Å². The Morgan fingerprint density at radius 1 is 0.833 bits per heavy atom. The first-order valence-electron chi connectivity index (χ1n) is 10.2. The molecule has 1 fully saturated rings. The molecule has 150 valence electrons. The fraction of sp³-hybridized carbons (Fsp3) is 0.208. The molecule has 6 nitrogen and oxygen atoms in total. The molecule has 1 saturated heterocycles. The van der Waals surface area contributed by atoms with Crippen molar-refractivity contribution in [2.45, 2.75) is 0 Å². The van der Waals surface area contributed by atoms with Crippen LogP contribution in [0, 0.1) is 0 Å². The highest BCUT2D eigenvalue weighted by Crippen LogP contribution is 2.28. The summed E-state index contributed by atoms with van der Waals surface area (Å²) in [5, 5.41) is 0.530. The third kappa shape index (κ3) is 3.46. The summed E-state index contributed by atoms with van der Waals surface area (Å²) in [6.45, 7) is 3.57. The summed E-state index contributed by atoms with van der Waals surface area (Å²) >= 11 is 0. The molecular formula is C24H23N5O. The summed E-state index contributed by atoms with van der Waals surface area (Å²) in [7, 11) is 2.10. The number of H-pyrrole nitrogens is 1. The topological polar surface area (TPSA) is 65.1 Å². The molecule has 2 aromatic heterocycles. The highest BCUT2D eigenvalue weighted by atomic mass is 16.1. The van der Waals surface area contributed by atoms with Gasteiger partial charge < -0.3 is 9.80 Å². The van der Waals surface area contributed by atoms with E-state index < -0.39 is 0 Å². The fourth-order valence-electron chi connectivity index (χ4n) is 3.93. The molecule has 5 rings (SSSR count). The monoisotopic (exact) mass is 397 g/mol. The van der Waals surface area contributed by atoms with Gasteiger partial charge in [-0.05, 0) is 35.4 Å². The summed E-state index contributed by atoms with van der Waals surface area (Å²) in [4.78, 5) is 29.5. The van der Waals surface area contributed by atoms with Crippen LogP contribution in [-0.4, -0.2) is 53.1 Å². The van der Waals surface area contributed by atoms with Crippen molar-refractivity contribution < 1.29 is 0 Å². The van der Waals surface area contributed by atoms with E-state index in [0.29, 0.717) is 17.0 Å². The first-order chi connectivity index (χ1) is 14.7. The normalized spacial score (nSPS) is 14.9. The lowest BCUT2D eigenvalue weighted by Crippen LogP contribution is -2.45. The van der Waals surface area contributed by atoms with Crippen LogP contribution < -0.4 is 10.5 Å². The Morgan fingerprint density at radius 2 is 1.50 bits per heavy atom. The molecule has 0 saturated carbocycles. The van der Waals surface area contributed by atoms with Crippen LogP contribution in [-0.2, 0) is 0 Å². The van der Waals surface area contributed by atoms with Crippen molar-refractivity contribution in [3.05, 3.63) is 77.2 Å². The Balaban J connectivity index is 1.53. The standard InChI is InChI=1S/C24H23N5O/c1-28-13-15-29(16-14-28)24-26-22-21(23(30)27-24)20(11-12-25-22)19-9-7-18(8-10-19)17-5-3-2-4-6-17/h2-12H,13-16H2,1H3,(H,25,26,27,30). The van der Waals surface area contributed by atoms with Gasteiger partial charge in [0.1, 0.15) is 0 Å². The van der Waals surface area contributed by atoms with Gasteiger partial charge in [0.05, 0.1) is 5.39 Å². The van der Waals surface area contributed by atoms with Gasteiger partial charge in [-0.1, -0.05) is 54.6 Å². The number of nitrogens with one attached hydrogen (secondary N) is 1. The molecule has 4 aromatic rings. The van der Waals surface area contributed by atoms with Crippen molar-refractivity contribution in [1.82, 2.24) is 19.9 Å². The van der Waals surface area contributed by atoms with Gasteiger partial charge in [0, 0.05) is 32.4 Å². The van der Waals surface area contributed by atoms with E-state index in [9.17, 15) is 4.79 Å². The predicted octanol–water partition coefficient (Wildman–Crippen LogP) is 3.40. The number of piperazine rings is 1. The molecule has 1 aliphatic heterocycles. The molecule has 0 spiro atoms. The molecule has 0 atom stereocenters. The average molecular weight is 397 g/mol. The van der Waals surface area contributed by atoms with Gasteiger partial charge in [-0.15, -0.1) is 0 Å². The summed E-state index contributed by atoms with van der Waals surface area (Å²) in [5.74, 6) is 0.602. The Kier molecular flexibility index (Phi) is 4.77. The van der Waals surface area contributed by atoms with E-state index in [4.69, 9.17) is 0 Å². The maximum Gasteiger partial charge on any atom is 0.262 e. The van der Waals surface area contributed by atoms with Crippen molar-refractivity contribution >= 4 is 17.0 Å². The zero-order valence-corrected chi connectivity index (χ0v) is 16.9. The molecule has 30 heavy (non-hydrogen) atoms. The van der Waals surface area contributed by atoms with Crippen LogP contribution in [0.25, 0.3) is 33.3 Å². The Labute approximate surface area is 174 Å². The number of benzene rings is 2. The smallest absolute Gasteiger partial charge is 0.262 e. The van der Waals surface area contributed by atoms with E-state index in [1.165, 1.54) is 5.56 Å². The van der Waals surface area contributed by atoms with Crippen molar-refractivity contribution in [2.75, 3.05) is 38.1 Å². The largest absolute Gasteiger partial charge is 0.340 e. The van der Waals surface area contributed by atoms with Crippen LogP contribution in [0.15, 0.2) is 71.7 Å². The van der Waals surface area contributed by atoms with Gasteiger partial charge in [-0.3, -0.25) is 9.78 Å². The molecule has 2 aromatic carbocycles. The lowest BCUT2D eigenvalue weighted by Gasteiger charge is -2.32. The first-order valence-corrected chi connectivity index (χ1v) is 10.2. The number of fused-ring (bicyclic) bond motifs is 1. The molecule has 0 bridgehead atoms. The first kappa shape index (κ1) is 18.5. The van der Waals surface area contributed by atoms with E-state index in [2.05, 4.69) is 56.1 Å². The van der Waals surface area contributed by atoms with Crippen LogP contribution in [0.2, 0.25) is 0 Å². The Hall–Kier alpha value is -3.51. The van der Waals surface area contributed by atoms with E-state index in [-0.39, 0.29) is 5.56 Å². The zero-order valence-electron chi connectivity index (χ0n) is 16.9. The van der Waals surface area contributed by atoms with Crippen LogP contribution in [0.3, 0.4) is 0 Å². The fourth-order valence-corrected chi connectivity index (χ4v) is 3.93. The Morgan fingerprint density at radius 3 is 2.23 bits per heavy atom. The lowest BCUT2D eigenvalue weighted by molar-refractivity contribution is 0.311. The number of anilines is 1. The minimum absolute atomic E-state index is 0.149. The van der Waals surface area contributed by atoms with Gasteiger partial charge in [-0.2, -0.15) is 4.98 Å². The second kappa shape index (κ2) is 7.72. The summed E-state index contributed by atoms with van der Waals surface area (Å²) in [6, 6.07) is 20.4. The second-order valence-electron chi connectivity index (χ2n) is 7.68. The van der Waals surface area contributed by atoms with Gasteiger partial charge in [-0.25, -0.2) is 4.98 Å². The lowest BCUT2D eigenvalue weighted by atomic mass is 9.99. The Bertz CT molecular complexity index is 1230. The maximum absolute atomic E-state index is 13.0. The number of hydrogen-bond acceptors (Lipinski definition) is 5. The molecule has 3 heterocycles. The van der Waals surface area contributed by atoms with Crippen LogP contribution >= 0.6 is 0 Å². The van der Waals surface area contributed by atoms with E-state index in [1.807, 2.05) is 36.4 Å². The number of aromatic amines is 1. The molecule has 0 radical (unpaired) electrons. The molecule has 1 N–H and O–H groups in total. The number of nitrogens with zero attached hydrogens (tertiary/aromatic N) is 4. The number of rotatable bonds is 3. The maximum atomic E-state index is 13.0. The quantitative estimate of drug-likeness (QED) is 0.574. The summed E-state index contributed by atoms with van der Waals surface area (Å²) in [5.41, 5.74) is 4.46. The number of aromatic nitrogens is 3. The summed E-state index contributed by atoms with van der Waals surface area (Å²) < 4.78 is 0. The van der Waals surface area contributed by atoms with Crippen molar-refractivity contribution in [2.24, 2.45) is 0 Å². The molecule has 0 aliphatic carbocycles. The van der Waals surface area contributed by atoms with Gasteiger partial charge in [0.2, 0.25) is 5.95 Å². The van der Waals surface area contributed by atoms with Crippen LogP contribution in [0.5, 0.6) is 0 Å².